The molecule has 0 bridgehead atoms. The van der Waals surface area contributed by atoms with Gasteiger partial charge in [0.25, 0.3) is 0 Å². The van der Waals surface area contributed by atoms with Crippen molar-refractivity contribution in [2.24, 2.45) is 7.05 Å². The van der Waals surface area contributed by atoms with Crippen LogP contribution in [-0.2, 0) is 7.05 Å². The van der Waals surface area contributed by atoms with Gasteiger partial charge in [0.15, 0.2) is 11.0 Å². The second-order valence-corrected chi connectivity index (χ2v) is 6.07. The van der Waals surface area contributed by atoms with Crippen LogP contribution in [0.1, 0.15) is 20.3 Å². The summed E-state index contributed by atoms with van der Waals surface area (Å²) in [6, 6.07) is 8.46. The lowest BCUT2D eigenvalue weighted by Crippen LogP contribution is -2.21. The lowest BCUT2D eigenvalue weighted by atomic mass is 10.2. The third kappa shape index (κ3) is 3.81. The van der Waals surface area contributed by atoms with Crippen molar-refractivity contribution in [2.75, 3.05) is 30.3 Å². The number of hydrogen-bond acceptors (Lipinski definition) is 5. The maximum absolute atomic E-state index is 8.85. The maximum atomic E-state index is 8.85. The number of thioether (sulfide) groups is 1. The number of anilines is 1. The standard InChI is InChI=1S/C16H24N4OS/c1-4-20(5-2)14-9-7-13(8-10-14)15-17-18-16(19(15)3)22-12-6-11-21/h7-10,21H,4-6,11-12H2,1-3H3. The van der Waals surface area contributed by atoms with E-state index in [1.807, 2.05) is 11.6 Å². The molecule has 0 unspecified atom stereocenters. The fraction of sp³-hybridized carbons (Fsp3) is 0.500. The number of benzene rings is 1. The zero-order valence-corrected chi connectivity index (χ0v) is 14.3. The van der Waals surface area contributed by atoms with Gasteiger partial charge in [-0.15, -0.1) is 10.2 Å². The largest absolute Gasteiger partial charge is 0.396 e. The summed E-state index contributed by atoms with van der Waals surface area (Å²) in [5, 5.41) is 18.3. The fourth-order valence-electron chi connectivity index (χ4n) is 2.33. The predicted octanol–water partition coefficient (Wildman–Crippen LogP) is 2.80. The molecule has 0 aliphatic carbocycles. The van der Waals surface area contributed by atoms with Gasteiger partial charge in [0.1, 0.15) is 0 Å². The van der Waals surface area contributed by atoms with Gasteiger partial charge in [0, 0.05) is 43.7 Å². The van der Waals surface area contributed by atoms with Crippen molar-refractivity contribution < 1.29 is 5.11 Å². The zero-order valence-electron chi connectivity index (χ0n) is 13.5. The van der Waals surface area contributed by atoms with Crippen LogP contribution in [0.2, 0.25) is 0 Å². The van der Waals surface area contributed by atoms with E-state index in [0.717, 1.165) is 41.8 Å². The van der Waals surface area contributed by atoms with Gasteiger partial charge in [0.05, 0.1) is 0 Å². The molecule has 6 heteroatoms. The summed E-state index contributed by atoms with van der Waals surface area (Å²) in [6.07, 6.45) is 0.769. The summed E-state index contributed by atoms with van der Waals surface area (Å²) < 4.78 is 2.01. The van der Waals surface area contributed by atoms with Gasteiger partial charge < -0.3 is 14.6 Å². The van der Waals surface area contributed by atoms with Gasteiger partial charge in [-0.3, -0.25) is 0 Å². The molecular weight excluding hydrogens is 296 g/mol. The summed E-state index contributed by atoms with van der Waals surface area (Å²) in [5.74, 6) is 1.72. The molecule has 0 spiro atoms. The molecule has 1 aromatic carbocycles. The Hall–Kier alpha value is -1.53. The summed E-state index contributed by atoms with van der Waals surface area (Å²) in [5.41, 5.74) is 2.30. The summed E-state index contributed by atoms with van der Waals surface area (Å²) >= 11 is 1.62. The number of nitrogens with zero attached hydrogens (tertiary/aromatic N) is 4. The number of aromatic nitrogens is 3. The molecule has 0 saturated carbocycles. The van der Waals surface area contributed by atoms with E-state index in [1.165, 1.54) is 5.69 Å². The highest BCUT2D eigenvalue weighted by atomic mass is 32.2. The maximum Gasteiger partial charge on any atom is 0.191 e. The van der Waals surface area contributed by atoms with Crippen molar-refractivity contribution in [3.05, 3.63) is 24.3 Å². The molecule has 1 heterocycles. The van der Waals surface area contributed by atoms with E-state index in [9.17, 15) is 0 Å². The van der Waals surface area contributed by atoms with Crippen molar-refractivity contribution in [1.29, 1.82) is 0 Å². The molecule has 5 nitrogen and oxygen atoms in total. The number of aliphatic hydroxyl groups is 1. The Morgan fingerprint density at radius 2 is 1.82 bits per heavy atom. The average molecular weight is 320 g/mol. The van der Waals surface area contributed by atoms with Gasteiger partial charge in [-0.1, -0.05) is 11.8 Å². The highest BCUT2D eigenvalue weighted by molar-refractivity contribution is 7.99. The molecule has 2 rings (SSSR count). The zero-order chi connectivity index (χ0) is 15.9. The topological polar surface area (TPSA) is 54.2 Å². The fourth-order valence-corrected chi connectivity index (χ4v) is 3.16. The minimum atomic E-state index is 0.213. The van der Waals surface area contributed by atoms with E-state index in [2.05, 4.69) is 53.2 Å². The average Bonchev–Trinajstić information content (AvgIpc) is 2.91. The first-order chi connectivity index (χ1) is 10.7. The van der Waals surface area contributed by atoms with Crippen LogP contribution in [0.3, 0.4) is 0 Å². The number of hydrogen-bond donors (Lipinski definition) is 1. The molecule has 120 valence electrons. The molecule has 0 aliphatic heterocycles. The second-order valence-electron chi connectivity index (χ2n) is 5.01. The minimum absolute atomic E-state index is 0.213. The van der Waals surface area contributed by atoms with E-state index < -0.39 is 0 Å². The molecule has 1 aromatic heterocycles. The molecule has 0 saturated heterocycles. The predicted molar refractivity (Wildman–Crippen MR) is 92.4 cm³/mol. The van der Waals surface area contributed by atoms with Gasteiger partial charge in [-0.25, -0.2) is 0 Å². The quantitative estimate of drug-likeness (QED) is 0.599. The summed E-state index contributed by atoms with van der Waals surface area (Å²) in [7, 11) is 1.98. The lowest BCUT2D eigenvalue weighted by Gasteiger charge is -2.21. The Morgan fingerprint density at radius 3 is 2.41 bits per heavy atom. The van der Waals surface area contributed by atoms with E-state index in [4.69, 9.17) is 5.11 Å². The van der Waals surface area contributed by atoms with Crippen molar-refractivity contribution in [2.45, 2.75) is 25.4 Å². The molecule has 0 aliphatic rings. The SMILES string of the molecule is CCN(CC)c1ccc(-c2nnc(SCCCO)n2C)cc1. The highest BCUT2D eigenvalue weighted by Gasteiger charge is 2.11. The first-order valence-electron chi connectivity index (χ1n) is 7.69. The van der Waals surface area contributed by atoms with E-state index >= 15 is 0 Å². The van der Waals surface area contributed by atoms with Gasteiger partial charge in [0.2, 0.25) is 0 Å². The van der Waals surface area contributed by atoms with Crippen LogP contribution in [-0.4, -0.2) is 45.3 Å². The Bertz CT molecular complexity index is 578. The molecule has 1 N–H and O–H groups in total. The molecular formula is C16H24N4OS. The highest BCUT2D eigenvalue weighted by Crippen LogP contribution is 2.25. The minimum Gasteiger partial charge on any atom is -0.396 e. The van der Waals surface area contributed by atoms with E-state index in [-0.39, 0.29) is 6.61 Å². The molecule has 0 amide bonds. The van der Waals surface area contributed by atoms with Gasteiger partial charge in [-0.2, -0.15) is 0 Å². The third-order valence-electron chi connectivity index (χ3n) is 3.62. The van der Waals surface area contributed by atoms with Crippen LogP contribution in [0.5, 0.6) is 0 Å². The van der Waals surface area contributed by atoms with Crippen LogP contribution < -0.4 is 4.90 Å². The number of aliphatic hydroxyl groups excluding tert-OH is 1. The summed E-state index contributed by atoms with van der Waals surface area (Å²) in [6.45, 7) is 6.55. The van der Waals surface area contributed by atoms with E-state index in [0.29, 0.717) is 0 Å². The lowest BCUT2D eigenvalue weighted by molar-refractivity contribution is 0.296. The molecule has 0 radical (unpaired) electrons. The van der Waals surface area contributed by atoms with Crippen molar-refractivity contribution >= 4 is 17.4 Å². The first kappa shape index (κ1) is 16.8. The van der Waals surface area contributed by atoms with Crippen LogP contribution in [0.15, 0.2) is 29.4 Å². The van der Waals surface area contributed by atoms with Crippen molar-refractivity contribution in [1.82, 2.24) is 14.8 Å². The van der Waals surface area contributed by atoms with Crippen molar-refractivity contribution in [3.63, 3.8) is 0 Å². The molecule has 0 atom stereocenters. The van der Waals surface area contributed by atoms with Crippen LogP contribution in [0.4, 0.5) is 5.69 Å². The van der Waals surface area contributed by atoms with Crippen LogP contribution in [0, 0.1) is 0 Å². The monoisotopic (exact) mass is 320 g/mol. The Balaban J connectivity index is 2.15. The Labute approximate surface area is 136 Å². The first-order valence-corrected chi connectivity index (χ1v) is 8.68. The second kappa shape index (κ2) is 8.19. The Kier molecular flexibility index (Phi) is 6.27. The van der Waals surface area contributed by atoms with Gasteiger partial charge >= 0.3 is 0 Å². The summed E-state index contributed by atoms with van der Waals surface area (Å²) in [4.78, 5) is 2.32. The van der Waals surface area contributed by atoms with Gasteiger partial charge in [-0.05, 0) is 44.5 Å². The van der Waals surface area contributed by atoms with Crippen molar-refractivity contribution in [3.8, 4) is 11.4 Å². The molecule has 22 heavy (non-hydrogen) atoms. The smallest absolute Gasteiger partial charge is 0.191 e. The number of rotatable bonds is 8. The van der Waals surface area contributed by atoms with Crippen LogP contribution in [0.25, 0.3) is 11.4 Å². The molecule has 0 fully saturated rings. The third-order valence-corrected chi connectivity index (χ3v) is 4.73. The van der Waals surface area contributed by atoms with Crippen LogP contribution >= 0.6 is 11.8 Å². The normalized spacial score (nSPS) is 10.9. The molecule has 2 aromatic rings. The Morgan fingerprint density at radius 1 is 1.14 bits per heavy atom. The van der Waals surface area contributed by atoms with E-state index in [1.54, 1.807) is 11.8 Å².